The predicted octanol–water partition coefficient (Wildman–Crippen LogP) is 2.96. The molecule has 1 aliphatic carbocycles. The molecule has 1 heterocycles. The van der Waals surface area contributed by atoms with Gasteiger partial charge in [0.1, 0.15) is 11.5 Å². The van der Waals surface area contributed by atoms with E-state index in [9.17, 15) is 8.42 Å². The number of sulfonamides is 1. The number of ether oxygens (including phenoxy) is 1. The van der Waals surface area contributed by atoms with Gasteiger partial charge in [0.05, 0.1) is 11.5 Å². The van der Waals surface area contributed by atoms with E-state index >= 15 is 0 Å². The summed E-state index contributed by atoms with van der Waals surface area (Å²) in [7, 11) is -3.67. The van der Waals surface area contributed by atoms with E-state index in [-0.39, 0.29) is 10.7 Å². The molecular weight excluding hydrogens is 304 g/mol. The first-order valence-corrected chi connectivity index (χ1v) is 8.70. The van der Waals surface area contributed by atoms with Crippen molar-refractivity contribution in [2.45, 2.75) is 31.1 Å². The number of rotatable bonds is 6. The Hall–Kier alpha value is -2.02. The van der Waals surface area contributed by atoms with Crippen LogP contribution < -0.4 is 9.46 Å². The molecular formula is C15H18N2O4S. The highest BCUT2D eigenvalue weighted by Crippen LogP contribution is 2.27. The van der Waals surface area contributed by atoms with Gasteiger partial charge in [-0.3, -0.25) is 4.72 Å². The lowest BCUT2D eigenvalue weighted by Gasteiger charge is -2.25. The quantitative estimate of drug-likeness (QED) is 0.884. The van der Waals surface area contributed by atoms with E-state index in [1.54, 1.807) is 19.1 Å². The Morgan fingerprint density at radius 2 is 2.05 bits per heavy atom. The lowest BCUT2D eigenvalue weighted by molar-refractivity contribution is 0.180. The van der Waals surface area contributed by atoms with Gasteiger partial charge in [0.2, 0.25) is 0 Å². The Labute approximate surface area is 129 Å². The second kappa shape index (κ2) is 6.00. The third-order valence-corrected chi connectivity index (χ3v) is 5.08. The number of aromatic nitrogens is 1. The molecule has 1 aromatic heterocycles. The minimum Gasteiger partial charge on any atom is -0.493 e. The van der Waals surface area contributed by atoms with Gasteiger partial charge in [-0.05, 0) is 49.9 Å². The molecule has 2 aromatic rings. The van der Waals surface area contributed by atoms with Crippen LogP contribution in [0.2, 0.25) is 0 Å². The highest BCUT2D eigenvalue weighted by Gasteiger charge is 2.19. The Morgan fingerprint density at radius 3 is 2.59 bits per heavy atom. The number of hydrogen-bond donors (Lipinski definition) is 1. The summed E-state index contributed by atoms with van der Waals surface area (Å²) in [6, 6.07) is 7.90. The number of aryl methyl sites for hydroxylation is 1. The first-order chi connectivity index (χ1) is 10.5. The van der Waals surface area contributed by atoms with Crippen molar-refractivity contribution >= 4 is 15.8 Å². The zero-order valence-electron chi connectivity index (χ0n) is 12.3. The van der Waals surface area contributed by atoms with Gasteiger partial charge in [0.25, 0.3) is 10.0 Å². The first kappa shape index (κ1) is 14.9. The molecule has 1 fully saturated rings. The van der Waals surface area contributed by atoms with Crippen LogP contribution in [0.25, 0.3) is 0 Å². The molecule has 0 amide bonds. The van der Waals surface area contributed by atoms with Crippen LogP contribution >= 0.6 is 0 Å². The van der Waals surface area contributed by atoms with Crippen LogP contribution in [0.15, 0.2) is 39.8 Å². The van der Waals surface area contributed by atoms with Gasteiger partial charge >= 0.3 is 0 Å². The third kappa shape index (κ3) is 3.41. The summed E-state index contributed by atoms with van der Waals surface area (Å²) in [5, 5.41) is 3.62. The largest absolute Gasteiger partial charge is 0.493 e. The molecule has 22 heavy (non-hydrogen) atoms. The molecule has 0 atom stereocenters. The topological polar surface area (TPSA) is 81.4 Å². The van der Waals surface area contributed by atoms with E-state index in [2.05, 4.69) is 9.88 Å². The molecule has 0 spiro atoms. The molecule has 1 aliphatic rings. The molecule has 0 saturated heterocycles. The summed E-state index contributed by atoms with van der Waals surface area (Å²) in [4.78, 5) is 0.157. The summed E-state index contributed by atoms with van der Waals surface area (Å²) in [6.45, 7) is 2.39. The monoisotopic (exact) mass is 322 g/mol. The summed E-state index contributed by atoms with van der Waals surface area (Å²) >= 11 is 0. The van der Waals surface area contributed by atoms with Gasteiger partial charge in [-0.1, -0.05) is 11.6 Å². The number of nitrogens with zero attached hydrogens (tertiary/aromatic N) is 1. The molecule has 0 bridgehead atoms. The van der Waals surface area contributed by atoms with Crippen molar-refractivity contribution < 1.29 is 17.7 Å². The maximum Gasteiger partial charge on any atom is 0.263 e. The molecule has 7 heteroatoms. The molecule has 3 rings (SSSR count). The molecule has 0 unspecified atom stereocenters. The van der Waals surface area contributed by atoms with Crippen LogP contribution in [-0.2, 0) is 10.0 Å². The Morgan fingerprint density at radius 1 is 1.32 bits per heavy atom. The Balaban J connectivity index is 1.65. The van der Waals surface area contributed by atoms with Gasteiger partial charge in [-0.25, -0.2) is 8.42 Å². The van der Waals surface area contributed by atoms with Gasteiger partial charge in [0.15, 0.2) is 5.82 Å². The highest BCUT2D eigenvalue weighted by atomic mass is 32.2. The average molecular weight is 322 g/mol. The Bertz CT molecular complexity index is 733. The summed E-state index contributed by atoms with van der Waals surface area (Å²) < 4.78 is 37.3. The number of anilines is 1. The number of nitrogens with one attached hydrogen (secondary N) is 1. The fourth-order valence-electron chi connectivity index (χ4n) is 2.20. The normalized spacial score (nSPS) is 15.3. The third-order valence-electron chi connectivity index (χ3n) is 3.71. The number of benzene rings is 1. The fourth-order valence-corrected chi connectivity index (χ4v) is 3.18. The van der Waals surface area contributed by atoms with E-state index in [0.29, 0.717) is 24.0 Å². The van der Waals surface area contributed by atoms with Crippen molar-refractivity contribution in [2.24, 2.45) is 5.92 Å². The lowest BCUT2D eigenvalue weighted by atomic mass is 9.86. The molecule has 0 aliphatic heterocycles. The number of hydrogen-bond acceptors (Lipinski definition) is 5. The summed E-state index contributed by atoms with van der Waals surface area (Å²) in [5.74, 6) is 2.03. The molecule has 6 nitrogen and oxygen atoms in total. The van der Waals surface area contributed by atoms with Crippen molar-refractivity contribution in [3.05, 3.63) is 36.1 Å². The zero-order chi connectivity index (χ0) is 15.6. The molecule has 1 aromatic carbocycles. The smallest absolute Gasteiger partial charge is 0.263 e. The summed E-state index contributed by atoms with van der Waals surface area (Å²) in [5.41, 5.74) is 0. The standard InChI is InChI=1S/C15H18N2O4S/c1-11-9-15(16-21-11)17-22(18,19)14-7-5-13(6-8-14)20-10-12-3-2-4-12/h5-9,12H,2-4,10H2,1H3,(H,16,17). The van der Waals surface area contributed by atoms with Crippen molar-refractivity contribution in [1.29, 1.82) is 0 Å². The zero-order valence-corrected chi connectivity index (χ0v) is 13.1. The van der Waals surface area contributed by atoms with E-state index in [4.69, 9.17) is 9.26 Å². The lowest BCUT2D eigenvalue weighted by Crippen LogP contribution is -2.19. The van der Waals surface area contributed by atoms with Crippen LogP contribution in [0.3, 0.4) is 0 Å². The average Bonchev–Trinajstić information content (AvgIpc) is 2.82. The van der Waals surface area contributed by atoms with Crippen molar-refractivity contribution in [3.63, 3.8) is 0 Å². The Kier molecular flexibility index (Phi) is 4.06. The maximum absolute atomic E-state index is 12.2. The van der Waals surface area contributed by atoms with Crippen LogP contribution in [0.5, 0.6) is 5.75 Å². The van der Waals surface area contributed by atoms with E-state index in [0.717, 1.165) is 0 Å². The van der Waals surface area contributed by atoms with E-state index < -0.39 is 10.0 Å². The van der Waals surface area contributed by atoms with Crippen LogP contribution in [-0.4, -0.2) is 20.2 Å². The van der Waals surface area contributed by atoms with Gasteiger partial charge in [0, 0.05) is 6.07 Å². The molecule has 1 saturated carbocycles. The predicted molar refractivity (Wildman–Crippen MR) is 81.3 cm³/mol. The van der Waals surface area contributed by atoms with Gasteiger partial charge < -0.3 is 9.26 Å². The minimum absolute atomic E-state index is 0.157. The van der Waals surface area contributed by atoms with Crippen molar-refractivity contribution in [2.75, 3.05) is 11.3 Å². The second-order valence-corrected chi connectivity index (χ2v) is 7.19. The van der Waals surface area contributed by atoms with Crippen molar-refractivity contribution in [3.8, 4) is 5.75 Å². The molecule has 0 radical (unpaired) electrons. The summed E-state index contributed by atoms with van der Waals surface area (Å²) in [6.07, 6.45) is 3.71. The first-order valence-electron chi connectivity index (χ1n) is 7.22. The van der Waals surface area contributed by atoms with Crippen LogP contribution in [0.4, 0.5) is 5.82 Å². The highest BCUT2D eigenvalue weighted by molar-refractivity contribution is 7.92. The maximum atomic E-state index is 12.2. The van der Waals surface area contributed by atoms with E-state index in [1.807, 2.05) is 0 Å². The van der Waals surface area contributed by atoms with Crippen molar-refractivity contribution in [1.82, 2.24) is 5.16 Å². The van der Waals surface area contributed by atoms with Gasteiger partial charge in [-0.15, -0.1) is 0 Å². The molecule has 1 N–H and O–H groups in total. The van der Waals surface area contributed by atoms with E-state index in [1.165, 1.54) is 37.5 Å². The van der Waals surface area contributed by atoms with Crippen LogP contribution in [0.1, 0.15) is 25.0 Å². The SMILES string of the molecule is Cc1cc(NS(=O)(=O)c2ccc(OCC3CCC3)cc2)no1. The second-order valence-electron chi connectivity index (χ2n) is 5.51. The molecule has 118 valence electrons. The minimum atomic E-state index is -3.67. The van der Waals surface area contributed by atoms with Crippen LogP contribution in [0, 0.1) is 12.8 Å². The van der Waals surface area contributed by atoms with Gasteiger partial charge in [-0.2, -0.15) is 0 Å². The fraction of sp³-hybridized carbons (Fsp3) is 0.400.